The van der Waals surface area contributed by atoms with E-state index in [1.54, 1.807) is 17.2 Å². The van der Waals surface area contributed by atoms with Crippen molar-refractivity contribution in [2.45, 2.75) is 38.8 Å². The van der Waals surface area contributed by atoms with E-state index in [1.165, 1.54) is 23.2 Å². The summed E-state index contributed by atoms with van der Waals surface area (Å²) in [7, 11) is 2.89. The first-order valence-corrected chi connectivity index (χ1v) is 10.1. The van der Waals surface area contributed by atoms with Crippen molar-refractivity contribution >= 4 is 28.7 Å². The van der Waals surface area contributed by atoms with Gasteiger partial charge in [-0.1, -0.05) is 6.08 Å². The molecule has 0 radical (unpaired) electrons. The van der Waals surface area contributed by atoms with E-state index in [-0.39, 0.29) is 28.9 Å². The summed E-state index contributed by atoms with van der Waals surface area (Å²) >= 11 is 6.28. The van der Waals surface area contributed by atoms with Crippen molar-refractivity contribution in [3.63, 3.8) is 0 Å². The molecule has 0 N–H and O–H groups in total. The number of furan rings is 1. The number of halogens is 1. The van der Waals surface area contributed by atoms with Crippen molar-refractivity contribution in [3.05, 3.63) is 62.1 Å². The van der Waals surface area contributed by atoms with Crippen LogP contribution in [0.3, 0.4) is 0 Å². The third-order valence-corrected chi connectivity index (χ3v) is 5.69. The summed E-state index contributed by atoms with van der Waals surface area (Å²) in [6, 6.07) is 3.59. The number of aromatic nitrogens is 4. The average molecular weight is 432 g/mol. The monoisotopic (exact) mass is 431 g/mol. The predicted octanol–water partition coefficient (Wildman–Crippen LogP) is 2.17. The molecule has 0 unspecified atom stereocenters. The molecular formula is C20H22ClN5O4. The van der Waals surface area contributed by atoms with E-state index in [0.717, 1.165) is 35.9 Å². The number of hydrogen-bond donors (Lipinski definition) is 0. The van der Waals surface area contributed by atoms with Gasteiger partial charge in [0.15, 0.2) is 11.2 Å². The quantitative estimate of drug-likeness (QED) is 0.577. The lowest BCUT2D eigenvalue weighted by Gasteiger charge is -2.27. The van der Waals surface area contributed by atoms with Crippen LogP contribution < -0.4 is 11.2 Å². The van der Waals surface area contributed by atoms with Crippen molar-refractivity contribution in [2.24, 2.45) is 14.1 Å². The molecule has 30 heavy (non-hydrogen) atoms. The number of allylic oxidation sites excluding steroid dienone is 2. The van der Waals surface area contributed by atoms with Gasteiger partial charge in [-0.2, -0.15) is 4.98 Å². The minimum absolute atomic E-state index is 0.0211. The molecule has 0 aliphatic heterocycles. The second-order valence-electron chi connectivity index (χ2n) is 7.35. The van der Waals surface area contributed by atoms with E-state index < -0.39 is 11.2 Å². The molecule has 1 amide bonds. The Hall–Kier alpha value is -3.07. The Labute approximate surface area is 176 Å². The fourth-order valence-corrected chi connectivity index (χ4v) is 3.98. The molecular weight excluding hydrogens is 410 g/mol. The molecule has 10 heteroatoms. The predicted molar refractivity (Wildman–Crippen MR) is 111 cm³/mol. The van der Waals surface area contributed by atoms with Gasteiger partial charge in [-0.25, -0.2) is 4.79 Å². The molecule has 0 saturated carbocycles. The zero-order valence-electron chi connectivity index (χ0n) is 16.8. The molecule has 0 atom stereocenters. The summed E-state index contributed by atoms with van der Waals surface area (Å²) in [6.07, 6.45) is 7.44. The number of hydrogen-bond acceptors (Lipinski definition) is 5. The number of rotatable bonds is 5. The van der Waals surface area contributed by atoms with Crippen LogP contribution in [0.25, 0.3) is 11.2 Å². The van der Waals surface area contributed by atoms with Gasteiger partial charge >= 0.3 is 5.69 Å². The number of carbonyl (C=O) groups is 1. The van der Waals surface area contributed by atoms with Crippen LogP contribution in [-0.4, -0.2) is 29.5 Å². The fraction of sp³-hybridized carbons (Fsp3) is 0.400. The molecule has 1 aliphatic carbocycles. The second-order valence-corrected chi connectivity index (χ2v) is 7.68. The van der Waals surface area contributed by atoms with Gasteiger partial charge in [0, 0.05) is 19.8 Å². The Morgan fingerprint density at radius 3 is 2.73 bits per heavy atom. The minimum Gasteiger partial charge on any atom is -0.467 e. The first kappa shape index (κ1) is 20.2. The zero-order valence-corrected chi connectivity index (χ0v) is 17.6. The van der Waals surface area contributed by atoms with Gasteiger partial charge in [0.2, 0.25) is 11.2 Å². The second kappa shape index (κ2) is 7.98. The van der Waals surface area contributed by atoms with Crippen LogP contribution in [0.4, 0.5) is 0 Å². The van der Waals surface area contributed by atoms with Crippen LogP contribution in [0, 0.1) is 0 Å². The summed E-state index contributed by atoms with van der Waals surface area (Å²) in [4.78, 5) is 44.1. The highest BCUT2D eigenvalue weighted by Gasteiger charge is 2.25. The van der Waals surface area contributed by atoms with Gasteiger partial charge in [-0.3, -0.25) is 23.3 Å². The fourth-order valence-electron chi connectivity index (χ4n) is 3.76. The van der Waals surface area contributed by atoms with Gasteiger partial charge in [0.05, 0.1) is 12.8 Å². The van der Waals surface area contributed by atoms with E-state index in [0.29, 0.717) is 12.3 Å². The van der Waals surface area contributed by atoms with Crippen LogP contribution in [-0.2, 0) is 32.0 Å². The third-order valence-electron chi connectivity index (χ3n) is 5.40. The van der Waals surface area contributed by atoms with E-state index in [4.69, 9.17) is 16.0 Å². The molecule has 0 spiro atoms. The Kier molecular flexibility index (Phi) is 5.38. The maximum Gasteiger partial charge on any atom is 0.332 e. The first-order valence-electron chi connectivity index (χ1n) is 9.72. The van der Waals surface area contributed by atoms with Crippen molar-refractivity contribution in [3.8, 4) is 0 Å². The number of amides is 1. The SMILES string of the molecule is Cn1c(=O)c2c(nc(Cl)n2CC(=O)N(Cc2ccco2)C2=CCCCC2)n(C)c1=O. The van der Waals surface area contributed by atoms with Gasteiger partial charge in [0.25, 0.3) is 5.56 Å². The van der Waals surface area contributed by atoms with Crippen LogP contribution in [0.15, 0.2) is 44.2 Å². The molecule has 3 aromatic heterocycles. The molecule has 0 saturated heterocycles. The molecule has 158 valence electrons. The zero-order chi connectivity index (χ0) is 21.4. The highest BCUT2D eigenvalue weighted by Crippen LogP contribution is 2.24. The molecule has 3 heterocycles. The number of fused-ring (bicyclic) bond motifs is 1. The lowest BCUT2D eigenvalue weighted by atomic mass is 10.0. The van der Waals surface area contributed by atoms with E-state index in [2.05, 4.69) is 11.1 Å². The highest BCUT2D eigenvalue weighted by molar-refractivity contribution is 6.29. The van der Waals surface area contributed by atoms with Crippen molar-refractivity contribution in [2.75, 3.05) is 0 Å². The molecule has 0 fully saturated rings. The molecule has 3 aromatic rings. The van der Waals surface area contributed by atoms with Gasteiger partial charge in [-0.15, -0.1) is 0 Å². The van der Waals surface area contributed by atoms with Crippen molar-refractivity contribution in [1.29, 1.82) is 0 Å². The average Bonchev–Trinajstić information content (AvgIpc) is 3.38. The maximum absolute atomic E-state index is 13.3. The first-order chi connectivity index (χ1) is 14.4. The topological polar surface area (TPSA) is 95.3 Å². The molecule has 1 aliphatic rings. The van der Waals surface area contributed by atoms with Gasteiger partial charge in [-0.05, 0) is 49.4 Å². The highest BCUT2D eigenvalue weighted by atomic mass is 35.5. The van der Waals surface area contributed by atoms with Crippen LogP contribution in [0.1, 0.15) is 31.4 Å². The third kappa shape index (κ3) is 3.49. The smallest absolute Gasteiger partial charge is 0.332 e. The summed E-state index contributed by atoms with van der Waals surface area (Å²) in [6.45, 7) is 0.110. The molecule has 0 aromatic carbocycles. The minimum atomic E-state index is -0.547. The van der Waals surface area contributed by atoms with Crippen molar-refractivity contribution in [1.82, 2.24) is 23.6 Å². The Morgan fingerprint density at radius 2 is 2.07 bits per heavy atom. The summed E-state index contributed by atoms with van der Waals surface area (Å²) in [5.74, 6) is 0.423. The Morgan fingerprint density at radius 1 is 1.27 bits per heavy atom. The Bertz CT molecular complexity index is 1250. The van der Waals surface area contributed by atoms with Crippen LogP contribution in [0.5, 0.6) is 0 Å². The lowest BCUT2D eigenvalue weighted by Crippen LogP contribution is -2.38. The van der Waals surface area contributed by atoms with Crippen LogP contribution in [0.2, 0.25) is 5.28 Å². The van der Waals surface area contributed by atoms with E-state index in [1.807, 2.05) is 6.07 Å². The number of nitrogens with zero attached hydrogens (tertiary/aromatic N) is 5. The number of aryl methyl sites for hydroxylation is 1. The van der Waals surface area contributed by atoms with Crippen molar-refractivity contribution < 1.29 is 9.21 Å². The number of carbonyl (C=O) groups excluding carboxylic acids is 1. The van der Waals surface area contributed by atoms with Gasteiger partial charge < -0.3 is 9.32 Å². The number of imidazole rings is 1. The summed E-state index contributed by atoms with van der Waals surface area (Å²) in [5, 5.41) is -0.0211. The lowest BCUT2D eigenvalue weighted by molar-refractivity contribution is -0.130. The summed E-state index contributed by atoms with van der Waals surface area (Å²) in [5.41, 5.74) is 0.147. The van der Waals surface area contributed by atoms with E-state index in [9.17, 15) is 14.4 Å². The normalized spacial score (nSPS) is 14.2. The van der Waals surface area contributed by atoms with E-state index >= 15 is 0 Å². The summed E-state index contributed by atoms with van der Waals surface area (Å²) < 4.78 is 9.02. The standard InChI is InChI=1S/C20H22ClN5O4/c1-23-17-16(18(28)24(2)20(23)29)26(19(21)22-17)12-15(27)25(11-14-9-6-10-30-14)13-7-4-3-5-8-13/h6-7,9-10H,3-5,8,11-12H2,1-2H3. The van der Waals surface area contributed by atoms with Gasteiger partial charge in [0.1, 0.15) is 12.3 Å². The molecule has 4 rings (SSSR count). The molecule has 0 bridgehead atoms. The largest absolute Gasteiger partial charge is 0.467 e. The Balaban J connectivity index is 1.75. The maximum atomic E-state index is 13.3. The van der Waals surface area contributed by atoms with Crippen LogP contribution >= 0.6 is 11.6 Å². The molecule has 9 nitrogen and oxygen atoms in total.